The highest BCUT2D eigenvalue weighted by atomic mass is 35.5. The Bertz CT molecular complexity index is 1190. The number of amides is 2. The van der Waals surface area contributed by atoms with E-state index in [0.717, 1.165) is 5.56 Å². The maximum Gasteiger partial charge on any atom is 0.343 e. The Morgan fingerprint density at radius 1 is 0.875 bits per heavy atom. The summed E-state index contributed by atoms with van der Waals surface area (Å²) in [6.45, 7) is 3.54. The van der Waals surface area contributed by atoms with Crippen molar-refractivity contribution >= 4 is 40.8 Å². The molecule has 0 aliphatic heterocycles. The van der Waals surface area contributed by atoms with Gasteiger partial charge in [0.05, 0.1) is 22.0 Å². The van der Waals surface area contributed by atoms with E-state index in [1.54, 1.807) is 67.6 Å². The number of hydrazone groups is 1. The predicted octanol–water partition coefficient (Wildman–Crippen LogP) is 4.35. The summed E-state index contributed by atoms with van der Waals surface area (Å²) in [5.41, 5.74) is 4.76. The maximum absolute atomic E-state index is 12.5. The van der Waals surface area contributed by atoms with Gasteiger partial charge in [-0.3, -0.25) is 9.59 Å². The summed E-state index contributed by atoms with van der Waals surface area (Å²) < 4.78 is 5.51. The summed E-state index contributed by atoms with van der Waals surface area (Å²) in [6, 6.07) is 20.3. The van der Waals surface area contributed by atoms with Gasteiger partial charge in [-0.1, -0.05) is 53.6 Å². The average molecular weight is 450 g/mol. The van der Waals surface area contributed by atoms with Crippen molar-refractivity contribution in [2.24, 2.45) is 5.10 Å². The fourth-order valence-corrected chi connectivity index (χ4v) is 2.87. The number of esters is 1. The molecule has 3 rings (SSSR count). The molecule has 0 heterocycles. The fraction of sp³-hybridized carbons (Fsp3) is 0.0833. The van der Waals surface area contributed by atoms with E-state index in [2.05, 4.69) is 15.8 Å². The van der Waals surface area contributed by atoms with E-state index in [4.69, 9.17) is 16.3 Å². The molecule has 0 saturated carbocycles. The van der Waals surface area contributed by atoms with Crippen LogP contribution in [0, 0.1) is 6.92 Å². The zero-order chi connectivity index (χ0) is 23.1. The molecule has 0 unspecified atom stereocenters. The van der Waals surface area contributed by atoms with Gasteiger partial charge in [-0.2, -0.15) is 5.10 Å². The van der Waals surface area contributed by atoms with Crippen molar-refractivity contribution in [1.29, 1.82) is 0 Å². The van der Waals surface area contributed by atoms with Crippen LogP contribution in [-0.4, -0.2) is 23.5 Å². The molecule has 0 aliphatic carbocycles. The summed E-state index contributed by atoms with van der Waals surface area (Å²) in [5.74, 6) is -2.14. The second-order valence-corrected chi connectivity index (χ2v) is 7.23. The number of ether oxygens (including phenoxy) is 1. The lowest BCUT2D eigenvalue weighted by Crippen LogP contribution is -2.33. The fourth-order valence-electron chi connectivity index (χ4n) is 2.69. The molecule has 0 saturated heterocycles. The second-order valence-electron chi connectivity index (χ2n) is 6.82. The van der Waals surface area contributed by atoms with Crippen molar-refractivity contribution in [3.05, 3.63) is 94.5 Å². The van der Waals surface area contributed by atoms with E-state index in [1.807, 2.05) is 19.1 Å². The van der Waals surface area contributed by atoms with E-state index in [-0.39, 0.29) is 5.75 Å². The zero-order valence-corrected chi connectivity index (χ0v) is 18.1. The van der Waals surface area contributed by atoms with Gasteiger partial charge in [0.15, 0.2) is 0 Å². The Labute approximate surface area is 190 Å². The number of carbonyl (C=O) groups is 3. The van der Waals surface area contributed by atoms with Gasteiger partial charge in [-0.05, 0) is 50.2 Å². The molecule has 0 fully saturated rings. The van der Waals surface area contributed by atoms with Crippen molar-refractivity contribution in [2.75, 3.05) is 5.32 Å². The number of nitrogens with one attached hydrogen (secondary N) is 2. The van der Waals surface area contributed by atoms with Crippen LogP contribution in [0.2, 0.25) is 5.02 Å². The van der Waals surface area contributed by atoms with E-state index < -0.39 is 17.8 Å². The number of rotatable bonds is 5. The summed E-state index contributed by atoms with van der Waals surface area (Å²) in [4.78, 5) is 36.7. The Kier molecular flexibility index (Phi) is 7.36. The van der Waals surface area contributed by atoms with E-state index in [1.165, 1.54) is 0 Å². The normalized spacial score (nSPS) is 10.9. The summed E-state index contributed by atoms with van der Waals surface area (Å²) in [7, 11) is 0. The van der Waals surface area contributed by atoms with Gasteiger partial charge in [-0.15, -0.1) is 0 Å². The van der Waals surface area contributed by atoms with Gasteiger partial charge in [0.1, 0.15) is 5.75 Å². The van der Waals surface area contributed by atoms with Gasteiger partial charge in [0.2, 0.25) is 0 Å². The minimum Gasteiger partial charge on any atom is -0.422 e. The highest BCUT2D eigenvalue weighted by Crippen LogP contribution is 2.21. The molecular formula is C24H20ClN3O4. The largest absolute Gasteiger partial charge is 0.422 e. The molecular weight excluding hydrogens is 430 g/mol. The standard InChI is InChI=1S/C24H20ClN3O4/c1-15-11-13-17(14-12-15)24(31)32-21-10-6-3-7-18(21)16(2)27-28-23(30)22(29)26-20-9-5-4-8-19(20)25/h3-14H,1-2H3,(H,26,29)(H,28,30). The number of hydrogen-bond acceptors (Lipinski definition) is 5. The molecule has 7 nitrogen and oxygen atoms in total. The molecule has 3 aromatic carbocycles. The first-order valence-electron chi connectivity index (χ1n) is 9.63. The minimum atomic E-state index is -0.974. The summed E-state index contributed by atoms with van der Waals surface area (Å²) >= 11 is 5.98. The third-order valence-electron chi connectivity index (χ3n) is 4.42. The van der Waals surface area contributed by atoms with Crippen LogP contribution in [0.4, 0.5) is 5.69 Å². The van der Waals surface area contributed by atoms with Gasteiger partial charge in [0.25, 0.3) is 0 Å². The second kappa shape index (κ2) is 10.4. The number of hydrogen-bond donors (Lipinski definition) is 2. The number of anilines is 1. The monoisotopic (exact) mass is 449 g/mol. The van der Waals surface area contributed by atoms with E-state index in [9.17, 15) is 14.4 Å². The molecule has 162 valence electrons. The topological polar surface area (TPSA) is 96.9 Å². The molecule has 2 N–H and O–H groups in total. The first-order chi connectivity index (χ1) is 15.3. The van der Waals surface area contributed by atoms with E-state index >= 15 is 0 Å². The molecule has 0 aliphatic rings. The van der Waals surface area contributed by atoms with Gasteiger partial charge in [-0.25, -0.2) is 10.2 Å². The minimum absolute atomic E-state index is 0.272. The average Bonchev–Trinajstić information content (AvgIpc) is 2.79. The quantitative estimate of drug-likeness (QED) is 0.199. The maximum atomic E-state index is 12.5. The Morgan fingerprint density at radius 3 is 2.25 bits per heavy atom. The van der Waals surface area contributed by atoms with Crippen LogP contribution in [0.1, 0.15) is 28.4 Å². The number of nitrogens with zero attached hydrogens (tertiary/aromatic N) is 1. The van der Waals surface area contributed by atoms with E-state index in [0.29, 0.717) is 27.5 Å². The van der Waals surface area contributed by atoms with Crippen molar-refractivity contribution in [2.45, 2.75) is 13.8 Å². The Morgan fingerprint density at radius 2 is 1.53 bits per heavy atom. The number of carbonyl (C=O) groups excluding carboxylic acids is 3. The van der Waals surface area contributed by atoms with Gasteiger partial charge < -0.3 is 10.1 Å². The third-order valence-corrected chi connectivity index (χ3v) is 4.75. The molecule has 8 heteroatoms. The lowest BCUT2D eigenvalue weighted by atomic mass is 10.1. The molecule has 32 heavy (non-hydrogen) atoms. The van der Waals surface area contributed by atoms with Crippen LogP contribution in [0.25, 0.3) is 0 Å². The van der Waals surface area contributed by atoms with Gasteiger partial charge in [0, 0.05) is 5.56 Å². The molecule has 0 spiro atoms. The first-order valence-corrected chi connectivity index (χ1v) is 10.0. The summed E-state index contributed by atoms with van der Waals surface area (Å²) in [5, 5.41) is 6.68. The number of aryl methyl sites for hydroxylation is 1. The molecule has 2 amide bonds. The number of para-hydroxylation sites is 2. The van der Waals surface area contributed by atoms with Crippen molar-refractivity contribution < 1.29 is 19.1 Å². The first kappa shape index (κ1) is 22.7. The number of halogens is 1. The third kappa shape index (κ3) is 5.80. The van der Waals surface area contributed by atoms with Crippen molar-refractivity contribution in [3.63, 3.8) is 0 Å². The van der Waals surface area contributed by atoms with Crippen LogP contribution in [0.5, 0.6) is 5.75 Å². The highest BCUT2D eigenvalue weighted by molar-refractivity contribution is 6.41. The molecule has 0 aromatic heterocycles. The summed E-state index contributed by atoms with van der Waals surface area (Å²) in [6.07, 6.45) is 0. The SMILES string of the molecule is CC(=NNC(=O)C(=O)Nc1ccccc1Cl)c1ccccc1OC(=O)c1ccc(C)cc1. The van der Waals surface area contributed by atoms with Crippen molar-refractivity contribution in [3.8, 4) is 5.75 Å². The lowest BCUT2D eigenvalue weighted by molar-refractivity contribution is -0.136. The smallest absolute Gasteiger partial charge is 0.343 e. The van der Waals surface area contributed by atoms with Crippen LogP contribution < -0.4 is 15.5 Å². The highest BCUT2D eigenvalue weighted by Gasteiger charge is 2.16. The molecule has 0 radical (unpaired) electrons. The van der Waals surface area contributed by atoms with Crippen molar-refractivity contribution in [1.82, 2.24) is 5.43 Å². The molecule has 0 bridgehead atoms. The van der Waals surface area contributed by atoms with Gasteiger partial charge >= 0.3 is 17.8 Å². The predicted molar refractivity (Wildman–Crippen MR) is 123 cm³/mol. The molecule has 3 aromatic rings. The lowest BCUT2D eigenvalue weighted by Gasteiger charge is -2.10. The number of benzene rings is 3. The van der Waals surface area contributed by atoms with Crippen LogP contribution >= 0.6 is 11.6 Å². The van der Waals surface area contributed by atoms with Crippen LogP contribution in [0.3, 0.4) is 0 Å². The zero-order valence-electron chi connectivity index (χ0n) is 17.4. The Hall–Kier alpha value is -3.97. The van der Waals surface area contributed by atoms with Crippen LogP contribution in [0.15, 0.2) is 77.9 Å². The molecule has 0 atom stereocenters. The van der Waals surface area contributed by atoms with Crippen LogP contribution in [-0.2, 0) is 9.59 Å². The Balaban J connectivity index is 1.69.